The highest BCUT2D eigenvalue weighted by Gasteiger charge is 2.29. The number of sulfonamides is 1. The molecule has 2 aliphatic heterocycles. The fourth-order valence-corrected chi connectivity index (χ4v) is 6.31. The molecule has 4 rings (SSSR count). The van der Waals surface area contributed by atoms with Gasteiger partial charge in [0.15, 0.2) is 0 Å². The zero-order chi connectivity index (χ0) is 24.3. The van der Waals surface area contributed by atoms with Gasteiger partial charge in [-0.15, -0.1) is 0 Å². The first kappa shape index (κ1) is 24.7. The van der Waals surface area contributed by atoms with Crippen LogP contribution in [0.15, 0.2) is 41.3 Å². The van der Waals surface area contributed by atoms with E-state index in [9.17, 15) is 13.2 Å². The van der Waals surface area contributed by atoms with Crippen LogP contribution in [0.5, 0.6) is 0 Å². The SMILES string of the molecule is Cc1ccc(C)c(C(C)NC(=O)c2cc(S(=O)(=O)N3CCCCC3)ccc2N2CCOCC2)c1. The largest absolute Gasteiger partial charge is 0.378 e. The molecule has 0 aromatic heterocycles. The molecule has 0 radical (unpaired) electrons. The Morgan fingerprint density at radius 3 is 2.38 bits per heavy atom. The fraction of sp³-hybridized carbons (Fsp3) is 0.500. The van der Waals surface area contributed by atoms with Crippen LogP contribution in [0.25, 0.3) is 0 Å². The van der Waals surface area contributed by atoms with Gasteiger partial charge >= 0.3 is 0 Å². The zero-order valence-electron chi connectivity index (χ0n) is 20.3. The summed E-state index contributed by atoms with van der Waals surface area (Å²) in [6, 6.07) is 10.9. The summed E-state index contributed by atoms with van der Waals surface area (Å²) < 4.78 is 33.7. The molecule has 34 heavy (non-hydrogen) atoms. The van der Waals surface area contributed by atoms with Crippen LogP contribution in [0.3, 0.4) is 0 Å². The van der Waals surface area contributed by atoms with Crippen molar-refractivity contribution in [3.05, 3.63) is 58.7 Å². The molecule has 1 unspecified atom stereocenters. The molecule has 1 N–H and O–H groups in total. The number of hydrogen-bond donors (Lipinski definition) is 1. The van der Waals surface area contributed by atoms with Crippen LogP contribution >= 0.6 is 0 Å². The molecule has 2 aliphatic rings. The van der Waals surface area contributed by atoms with E-state index in [1.54, 1.807) is 22.5 Å². The van der Waals surface area contributed by atoms with Crippen LogP contribution < -0.4 is 10.2 Å². The number of carbonyl (C=O) groups excluding carboxylic acids is 1. The molecule has 7 nitrogen and oxygen atoms in total. The van der Waals surface area contributed by atoms with E-state index >= 15 is 0 Å². The quantitative estimate of drug-likeness (QED) is 0.673. The van der Waals surface area contributed by atoms with Gasteiger partial charge in [0, 0.05) is 31.9 Å². The Bertz CT molecular complexity index is 1140. The number of amides is 1. The number of piperidine rings is 1. The molecule has 8 heteroatoms. The average Bonchev–Trinajstić information content (AvgIpc) is 2.86. The second kappa shape index (κ2) is 10.5. The van der Waals surface area contributed by atoms with Gasteiger partial charge in [0.2, 0.25) is 10.0 Å². The summed E-state index contributed by atoms with van der Waals surface area (Å²) in [5.74, 6) is -0.273. The van der Waals surface area contributed by atoms with E-state index in [0.717, 1.165) is 41.6 Å². The Hall–Kier alpha value is -2.42. The third kappa shape index (κ3) is 5.29. The van der Waals surface area contributed by atoms with Crippen molar-refractivity contribution in [1.82, 2.24) is 9.62 Å². The number of benzene rings is 2. The van der Waals surface area contributed by atoms with Crippen LogP contribution in [0, 0.1) is 13.8 Å². The van der Waals surface area contributed by atoms with E-state index in [1.165, 1.54) is 0 Å². The van der Waals surface area contributed by atoms with Crippen molar-refractivity contribution in [2.45, 2.75) is 51.0 Å². The summed E-state index contributed by atoms with van der Waals surface area (Å²) in [5.41, 5.74) is 4.42. The van der Waals surface area contributed by atoms with Gasteiger partial charge in [0.25, 0.3) is 5.91 Å². The molecule has 1 amide bonds. The minimum absolute atomic E-state index is 0.177. The maximum atomic E-state index is 13.6. The van der Waals surface area contributed by atoms with Crippen LogP contribution in [0.1, 0.15) is 59.3 Å². The van der Waals surface area contributed by atoms with Crippen molar-refractivity contribution in [3.63, 3.8) is 0 Å². The van der Waals surface area contributed by atoms with Gasteiger partial charge in [0.05, 0.1) is 29.7 Å². The van der Waals surface area contributed by atoms with Gasteiger partial charge in [-0.1, -0.05) is 30.2 Å². The Morgan fingerprint density at radius 1 is 0.971 bits per heavy atom. The van der Waals surface area contributed by atoms with Gasteiger partial charge < -0.3 is 15.0 Å². The molecule has 2 fully saturated rings. The van der Waals surface area contributed by atoms with Crippen molar-refractivity contribution in [2.24, 2.45) is 0 Å². The molecule has 2 saturated heterocycles. The third-order valence-electron chi connectivity index (χ3n) is 6.77. The van der Waals surface area contributed by atoms with Crippen molar-refractivity contribution in [2.75, 3.05) is 44.3 Å². The fourth-order valence-electron chi connectivity index (χ4n) is 4.77. The zero-order valence-corrected chi connectivity index (χ0v) is 21.2. The second-order valence-corrected chi connectivity index (χ2v) is 11.2. The highest BCUT2D eigenvalue weighted by Crippen LogP contribution is 2.29. The van der Waals surface area contributed by atoms with Crippen molar-refractivity contribution in [1.29, 1.82) is 0 Å². The number of carbonyl (C=O) groups is 1. The van der Waals surface area contributed by atoms with Crippen LogP contribution in [0.2, 0.25) is 0 Å². The Balaban J connectivity index is 1.68. The lowest BCUT2D eigenvalue weighted by molar-refractivity contribution is 0.0938. The van der Waals surface area contributed by atoms with E-state index in [0.29, 0.717) is 45.0 Å². The molecule has 0 bridgehead atoms. The van der Waals surface area contributed by atoms with E-state index in [2.05, 4.69) is 28.4 Å². The lowest BCUT2D eigenvalue weighted by Crippen LogP contribution is -2.39. The standard InChI is InChI=1S/C26H35N3O4S/c1-19-7-8-20(2)23(17-19)21(3)27-26(30)24-18-22(34(31,32)29-11-5-4-6-12-29)9-10-25(24)28-13-15-33-16-14-28/h7-10,17-18,21H,4-6,11-16H2,1-3H3,(H,27,30). The Labute approximate surface area is 203 Å². The highest BCUT2D eigenvalue weighted by atomic mass is 32.2. The highest BCUT2D eigenvalue weighted by molar-refractivity contribution is 7.89. The van der Waals surface area contributed by atoms with Crippen LogP contribution in [0.4, 0.5) is 5.69 Å². The summed E-state index contributed by atoms with van der Waals surface area (Å²) in [4.78, 5) is 15.8. The van der Waals surface area contributed by atoms with E-state index in [-0.39, 0.29) is 16.8 Å². The predicted molar refractivity (Wildman–Crippen MR) is 134 cm³/mol. The number of hydrogen-bond acceptors (Lipinski definition) is 5. The molecule has 0 aliphatic carbocycles. The number of nitrogens with one attached hydrogen (secondary N) is 1. The molecule has 1 atom stereocenters. The number of rotatable bonds is 6. The first-order valence-electron chi connectivity index (χ1n) is 12.1. The Kier molecular flexibility index (Phi) is 7.60. The molecule has 2 aromatic rings. The number of morpholine rings is 1. The van der Waals surface area contributed by atoms with Crippen LogP contribution in [-0.2, 0) is 14.8 Å². The van der Waals surface area contributed by atoms with E-state index in [1.807, 2.05) is 20.8 Å². The normalized spacial score (nSPS) is 18.5. The number of anilines is 1. The molecule has 2 aromatic carbocycles. The monoisotopic (exact) mass is 485 g/mol. The van der Waals surface area contributed by atoms with Crippen molar-refractivity contribution < 1.29 is 17.9 Å². The summed E-state index contributed by atoms with van der Waals surface area (Å²) in [5, 5.41) is 3.11. The van der Waals surface area contributed by atoms with Crippen molar-refractivity contribution in [3.8, 4) is 0 Å². The Morgan fingerprint density at radius 2 is 1.68 bits per heavy atom. The lowest BCUT2D eigenvalue weighted by Gasteiger charge is -2.31. The maximum Gasteiger partial charge on any atom is 0.253 e. The molecule has 2 heterocycles. The molecular formula is C26H35N3O4S. The molecular weight excluding hydrogens is 450 g/mol. The summed E-state index contributed by atoms with van der Waals surface area (Å²) >= 11 is 0. The van der Waals surface area contributed by atoms with Gasteiger partial charge in [-0.25, -0.2) is 8.42 Å². The smallest absolute Gasteiger partial charge is 0.253 e. The maximum absolute atomic E-state index is 13.6. The summed E-state index contributed by atoms with van der Waals surface area (Å²) in [6.45, 7) is 9.54. The van der Waals surface area contributed by atoms with E-state index in [4.69, 9.17) is 4.74 Å². The average molecular weight is 486 g/mol. The summed E-state index contributed by atoms with van der Waals surface area (Å²) in [7, 11) is -3.65. The number of nitrogens with zero attached hydrogens (tertiary/aromatic N) is 2. The second-order valence-electron chi connectivity index (χ2n) is 9.30. The molecule has 184 valence electrons. The third-order valence-corrected chi connectivity index (χ3v) is 8.66. The van der Waals surface area contributed by atoms with Gasteiger partial charge in [-0.05, 0) is 62.9 Å². The summed E-state index contributed by atoms with van der Waals surface area (Å²) in [6.07, 6.45) is 2.78. The minimum Gasteiger partial charge on any atom is -0.378 e. The van der Waals surface area contributed by atoms with E-state index < -0.39 is 10.0 Å². The first-order chi connectivity index (χ1) is 16.3. The van der Waals surface area contributed by atoms with Gasteiger partial charge in [-0.2, -0.15) is 4.31 Å². The molecule has 0 saturated carbocycles. The topological polar surface area (TPSA) is 79.0 Å². The number of ether oxygens (including phenoxy) is 1. The molecule has 0 spiro atoms. The number of aryl methyl sites for hydroxylation is 2. The minimum atomic E-state index is -3.65. The van der Waals surface area contributed by atoms with Gasteiger partial charge in [0.1, 0.15) is 0 Å². The van der Waals surface area contributed by atoms with Crippen molar-refractivity contribution >= 4 is 21.6 Å². The predicted octanol–water partition coefficient (Wildman–Crippen LogP) is 3.81. The lowest BCUT2D eigenvalue weighted by atomic mass is 9.99. The van der Waals surface area contributed by atoms with Crippen LogP contribution in [-0.4, -0.2) is 58.0 Å². The van der Waals surface area contributed by atoms with Gasteiger partial charge in [-0.3, -0.25) is 4.79 Å². The first-order valence-corrected chi connectivity index (χ1v) is 13.6.